The zero-order chi connectivity index (χ0) is 11.4. The molecule has 0 aromatic carbocycles. The highest BCUT2D eigenvalue weighted by Crippen LogP contribution is 2.20. The van der Waals surface area contributed by atoms with Crippen LogP contribution in [0.15, 0.2) is 18.5 Å². The normalized spacial score (nSPS) is 11.8. The van der Waals surface area contributed by atoms with E-state index in [0.717, 1.165) is 0 Å². The van der Waals surface area contributed by atoms with Crippen molar-refractivity contribution in [1.82, 2.24) is 5.10 Å². The molecule has 0 aliphatic rings. The van der Waals surface area contributed by atoms with Crippen LogP contribution in [0, 0.1) is 0 Å². The van der Waals surface area contributed by atoms with Gasteiger partial charge in [0, 0.05) is 6.07 Å². The quantitative estimate of drug-likeness (QED) is 0.385. The first-order chi connectivity index (χ1) is 6.14. The van der Waals surface area contributed by atoms with Crippen LogP contribution in [-0.4, -0.2) is 23.6 Å². The first-order valence-electron chi connectivity index (χ1n) is 3.16. The topological polar surface area (TPSA) is 76.9 Å². The van der Waals surface area contributed by atoms with Crippen LogP contribution in [0.1, 0.15) is 0 Å². The van der Waals surface area contributed by atoms with Crippen molar-refractivity contribution in [3.63, 3.8) is 0 Å². The molecule has 1 heterocycles. The lowest BCUT2D eigenvalue weighted by Crippen LogP contribution is -2.27. The van der Waals surface area contributed by atoms with Gasteiger partial charge in [0.1, 0.15) is 0 Å². The molecule has 0 spiro atoms. The van der Waals surface area contributed by atoms with Crippen molar-refractivity contribution in [1.29, 1.82) is 0 Å². The van der Waals surface area contributed by atoms with Crippen molar-refractivity contribution in [3.05, 3.63) is 18.5 Å². The maximum absolute atomic E-state index is 10.7. The second kappa shape index (κ2) is 4.42. The summed E-state index contributed by atoms with van der Waals surface area (Å²) < 4.78 is 60.8. The number of nitrogens with zero attached hydrogens (tertiary/aromatic N) is 1. The van der Waals surface area contributed by atoms with E-state index in [1.54, 1.807) is 0 Å². The third-order valence-electron chi connectivity index (χ3n) is 0.968. The van der Waals surface area contributed by atoms with Crippen molar-refractivity contribution in [2.24, 2.45) is 7.05 Å². The van der Waals surface area contributed by atoms with Crippen LogP contribution in [0.4, 0.5) is 13.2 Å². The van der Waals surface area contributed by atoms with Crippen molar-refractivity contribution in [2.75, 3.05) is 0 Å². The maximum Gasteiger partial charge on any atom is 0.485 e. The smallest absolute Gasteiger partial charge is 0.485 e. The van der Waals surface area contributed by atoms with Crippen LogP contribution >= 0.6 is 0 Å². The van der Waals surface area contributed by atoms with Crippen molar-refractivity contribution >= 4 is 10.1 Å². The molecule has 0 unspecified atom stereocenters. The predicted octanol–water partition coefficient (Wildman–Crippen LogP) is -0.109. The molecule has 0 amide bonds. The summed E-state index contributed by atoms with van der Waals surface area (Å²) >= 11 is 0. The number of halogens is 3. The Bertz CT molecular complexity index is 356. The summed E-state index contributed by atoms with van der Waals surface area (Å²) in [6.45, 7) is 0. The minimum absolute atomic E-state index is 1.88. The van der Waals surface area contributed by atoms with E-state index in [2.05, 4.69) is 5.10 Å². The van der Waals surface area contributed by atoms with Crippen LogP contribution in [0.3, 0.4) is 0 Å². The van der Waals surface area contributed by atoms with Crippen molar-refractivity contribution in [3.8, 4) is 0 Å². The fourth-order valence-corrected chi connectivity index (χ4v) is 0.376. The van der Waals surface area contributed by atoms with Crippen molar-refractivity contribution < 1.29 is 30.8 Å². The number of aromatic amines is 1. The lowest BCUT2D eigenvalue weighted by molar-refractivity contribution is -0.726. The summed E-state index contributed by atoms with van der Waals surface area (Å²) in [5, 5.41) is 2.92. The standard InChI is InChI=1S/C4H6N2.CHF3O3S/c1-6-4-2-3-5-6;2-1(3,4)8(5,6)7/h2-4H,1H3;(H,5,6,7). The summed E-state index contributed by atoms with van der Waals surface area (Å²) in [4.78, 5) is 0. The molecule has 0 aliphatic heterocycles. The highest BCUT2D eigenvalue weighted by Gasteiger charge is 2.36. The fraction of sp³-hybridized carbons (Fsp3) is 0.400. The molecule has 0 saturated carbocycles. The number of hydrogen-bond acceptors (Lipinski definition) is 3. The van der Waals surface area contributed by atoms with Gasteiger partial charge in [0.2, 0.25) is 0 Å². The van der Waals surface area contributed by atoms with Gasteiger partial charge in [0.25, 0.3) is 0 Å². The van der Waals surface area contributed by atoms with Crippen LogP contribution in [0.2, 0.25) is 0 Å². The van der Waals surface area contributed by atoms with Gasteiger partial charge in [-0.3, -0.25) is 0 Å². The lowest BCUT2D eigenvalue weighted by Gasteiger charge is -2.08. The monoisotopic (exact) mass is 232 g/mol. The minimum atomic E-state index is -6.09. The summed E-state index contributed by atoms with van der Waals surface area (Å²) in [5.74, 6) is 0. The van der Waals surface area contributed by atoms with Gasteiger partial charge in [-0.25, -0.2) is 8.42 Å². The Balaban J connectivity index is 0.000000249. The molecule has 0 bridgehead atoms. The highest BCUT2D eigenvalue weighted by molar-refractivity contribution is 7.86. The number of aryl methyl sites for hydroxylation is 1. The van der Waals surface area contributed by atoms with Crippen molar-refractivity contribution in [2.45, 2.75) is 5.51 Å². The molecule has 82 valence electrons. The van der Waals surface area contributed by atoms with E-state index in [1.165, 1.54) is 0 Å². The van der Waals surface area contributed by atoms with Gasteiger partial charge in [-0.1, -0.05) is 0 Å². The van der Waals surface area contributed by atoms with E-state index in [1.807, 2.05) is 30.2 Å². The number of nitrogens with one attached hydrogen (secondary N) is 1. The number of H-pyrrole nitrogens is 1. The van der Waals surface area contributed by atoms with Crippen LogP contribution in [-0.2, 0) is 17.2 Å². The van der Waals surface area contributed by atoms with Gasteiger partial charge in [0.15, 0.2) is 23.4 Å². The van der Waals surface area contributed by atoms with E-state index in [9.17, 15) is 13.2 Å². The second-order valence-corrected chi connectivity index (χ2v) is 3.52. The van der Waals surface area contributed by atoms with Crippen LogP contribution < -0.4 is 4.68 Å². The molecule has 0 saturated heterocycles. The number of alkyl halides is 3. The molecule has 0 aliphatic carbocycles. The predicted molar refractivity (Wildman–Crippen MR) is 37.7 cm³/mol. The average Bonchev–Trinajstić information content (AvgIpc) is 2.35. The number of rotatable bonds is 0. The third-order valence-corrected chi connectivity index (χ3v) is 1.53. The Morgan fingerprint density at radius 2 is 1.86 bits per heavy atom. The average molecular weight is 232 g/mol. The second-order valence-electron chi connectivity index (χ2n) is 2.15. The minimum Gasteiger partial charge on any atom is -0.741 e. The molecule has 0 fully saturated rings. The van der Waals surface area contributed by atoms with Gasteiger partial charge in [-0.2, -0.15) is 18.3 Å². The summed E-state index contributed by atoms with van der Waals surface area (Å²) in [5.41, 5.74) is -5.65. The summed E-state index contributed by atoms with van der Waals surface area (Å²) in [7, 11) is -4.15. The first kappa shape index (κ1) is 12.9. The largest absolute Gasteiger partial charge is 0.741 e. The molecule has 9 heteroatoms. The Morgan fingerprint density at radius 1 is 1.43 bits per heavy atom. The molecule has 0 atom stereocenters. The molecule has 1 aromatic rings. The van der Waals surface area contributed by atoms with Gasteiger partial charge >= 0.3 is 5.51 Å². The molecular weight excluding hydrogens is 225 g/mol. The van der Waals surface area contributed by atoms with Gasteiger partial charge in [-0.15, -0.1) is 4.68 Å². The molecule has 1 aromatic heterocycles. The van der Waals surface area contributed by atoms with Crippen LogP contribution in [0.5, 0.6) is 0 Å². The molecular formula is C5H7F3N2O3S. The maximum atomic E-state index is 10.7. The van der Waals surface area contributed by atoms with E-state index in [-0.39, 0.29) is 0 Å². The van der Waals surface area contributed by atoms with Gasteiger partial charge in [-0.05, 0) is 0 Å². The zero-order valence-corrected chi connectivity index (χ0v) is 7.76. The highest BCUT2D eigenvalue weighted by atomic mass is 32.2. The molecule has 0 radical (unpaired) electrons. The zero-order valence-electron chi connectivity index (χ0n) is 6.95. The molecule has 14 heavy (non-hydrogen) atoms. The summed E-state index contributed by atoms with van der Waals surface area (Å²) in [6, 6.07) is 1.94. The summed E-state index contributed by atoms with van der Waals surface area (Å²) in [6.07, 6.45) is 3.82. The Labute approximate surface area is 77.9 Å². The van der Waals surface area contributed by atoms with Crippen LogP contribution in [0.25, 0.3) is 0 Å². The van der Waals surface area contributed by atoms with E-state index < -0.39 is 15.6 Å². The van der Waals surface area contributed by atoms with Gasteiger partial charge in [0.05, 0.1) is 6.20 Å². The number of aromatic nitrogens is 2. The molecule has 1 rings (SSSR count). The SMILES string of the molecule is C[n+]1ccc[nH]1.O=S(=O)([O-])C(F)(F)F. The Hall–Kier alpha value is -1.09. The fourth-order valence-electron chi connectivity index (χ4n) is 0.376. The first-order valence-corrected chi connectivity index (χ1v) is 4.56. The van der Waals surface area contributed by atoms with Gasteiger partial charge < -0.3 is 4.55 Å². The Kier molecular flexibility index (Phi) is 4.08. The lowest BCUT2D eigenvalue weighted by atomic mass is 10.8. The third kappa shape index (κ3) is 4.82. The van der Waals surface area contributed by atoms with E-state index in [4.69, 9.17) is 13.0 Å². The molecule has 1 N–H and O–H groups in total. The van der Waals surface area contributed by atoms with E-state index in [0.29, 0.717) is 0 Å². The molecule has 5 nitrogen and oxygen atoms in total. The Morgan fingerprint density at radius 3 is 1.93 bits per heavy atom. The van der Waals surface area contributed by atoms with E-state index >= 15 is 0 Å². The number of hydrogen-bond donors (Lipinski definition) is 1.